The number of unbranched alkanes of at least 4 members (excludes halogenated alkanes) is 3. The highest BCUT2D eigenvalue weighted by Crippen LogP contribution is 2.37. The van der Waals surface area contributed by atoms with Gasteiger partial charge >= 0.3 is 5.97 Å². The normalized spacial score (nSPS) is 25.3. The smallest absolute Gasteiger partial charge is 0.303 e. The summed E-state index contributed by atoms with van der Waals surface area (Å²) in [5.74, 6) is 7.85. The molecule has 0 aromatic carbocycles. The molecule has 2 atom stereocenters. The number of hydrogen-bond donors (Lipinski definition) is 1. The number of hydrogen-bond acceptors (Lipinski definition) is 3. The van der Waals surface area contributed by atoms with Crippen LogP contribution in [0.1, 0.15) is 57.8 Å². The fraction of sp³-hybridized carbons (Fsp3) is 0.941. The van der Waals surface area contributed by atoms with E-state index < -0.39 is 5.97 Å². The lowest BCUT2D eigenvalue weighted by atomic mass is 9.89. The minimum absolute atomic E-state index is 0.347. The fourth-order valence-corrected chi connectivity index (χ4v) is 6.01. The maximum Gasteiger partial charge on any atom is 0.303 e. The van der Waals surface area contributed by atoms with Gasteiger partial charge in [0.2, 0.25) is 0 Å². The maximum absolute atomic E-state index is 10.5. The van der Waals surface area contributed by atoms with Gasteiger partial charge in [0.1, 0.15) is 0 Å². The average molecular weight is 331 g/mol. The van der Waals surface area contributed by atoms with Crippen LogP contribution in [0.5, 0.6) is 0 Å². The maximum atomic E-state index is 10.5. The third kappa shape index (κ3) is 7.83. The summed E-state index contributed by atoms with van der Waals surface area (Å²) in [5, 5.41) is 8.61. The topological polar surface area (TPSA) is 37.3 Å². The van der Waals surface area contributed by atoms with Crippen molar-refractivity contribution >= 4 is 29.5 Å². The van der Waals surface area contributed by atoms with Crippen molar-refractivity contribution in [2.75, 3.05) is 23.0 Å². The molecule has 0 spiro atoms. The van der Waals surface area contributed by atoms with E-state index in [4.69, 9.17) is 5.11 Å². The van der Waals surface area contributed by atoms with Gasteiger partial charge in [-0.3, -0.25) is 4.79 Å². The molecule has 1 saturated heterocycles. The van der Waals surface area contributed by atoms with E-state index in [1.807, 2.05) is 0 Å². The lowest BCUT2D eigenvalue weighted by Crippen LogP contribution is -2.13. The molecule has 21 heavy (non-hydrogen) atoms. The Bertz CT molecular complexity index is 305. The van der Waals surface area contributed by atoms with Crippen LogP contribution in [0.3, 0.4) is 0 Å². The van der Waals surface area contributed by atoms with Gasteiger partial charge < -0.3 is 5.11 Å². The summed E-state index contributed by atoms with van der Waals surface area (Å²) in [6.07, 6.45) is 10.6. The van der Waals surface area contributed by atoms with Gasteiger partial charge in [-0.1, -0.05) is 19.3 Å². The Morgan fingerprint density at radius 2 is 1.76 bits per heavy atom. The van der Waals surface area contributed by atoms with Gasteiger partial charge in [-0.15, -0.1) is 0 Å². The van der Waals surface area contributed by atoms with Crippen LogP contribution in [0.4, 0.5) is 0 Å². The predicted molar refractivity (Wildman–Crippen MR) is 94.3 cm³/mol. The van der Waals surface area contributed by atoms with E-state index in [1.54, 1.807) is 0 Å². The molecule has 0 bridgehead atoms. The van der Waals surface area contributed by atoms with E-state index in [0.29, 0.717) is 6.42 Å². The van der Waals surface area contributed by atoms with Crippen LogP contribution in [0, 0.1) is 17.8 Å². The van der Waals surface area contributed by atoms with Crippen molar-refractivity contribution in [3.63, 3.8) is 0 Å². The Balaban J connectivity index is 1.46. The number of aliphatic carboxylic acids is 1. The molecule has 2 fully saturated rings. The molecule has 122 valence electrons. The molecular formula is C17H30O2S2. The van der Waals surface area contributed by atoms with Crippen molar-refractivity contribution in [3.05, 3.63) is 0 Å². The van der Waals surface area contributed by atoms with Gasteiger partial charge in [-0.05, 0) is 72.9 Å². The zero-order chi connectivity index (χ0) is 14.9. The Kier molecular flexibility index (Phi) is 8.38. The first-order valence-electron chi connectivity index (χ1n) is 8.63. The highest BCUT2D eigenvalue weighted by atomic mass is 32.2. The molecule has 2 nitrogen and oxygen atoms in total. The largest absolute Gasteiger partial charge is 0.481 e. The number of carboxylic acid groups (broad SMARTS) is 1. The molecule has 1 N–H and O–H groups in total. The number of carboxylic acids is 1. The zero-order valence-corrected chi connectivity index (χ0v) is 14.7. The average Bonchev–Trinajstić information content (AvgIpc) is 3.18. The summed E-state index contributed by atoms with van der Waals surface area (Å²) in [7, 11) is 0. The van der Waals surface area contributed by atoms with Crippen molar-refractivity contribution < 1.29 is 9.90 Å². The molecule has 0 unspecified atom stereocenters. The van der Waals surface area contributed by atoms with Crippen molar-refractivity contribution in [1.29, 1.82) is 0 Å². The lowest BCUT2D eigenvalue weighted by Gasteiger charge is -2.18. The first-order chi connectivity index (χ1) is 10.3. The lowest BCUT2D eigenvalue weighted by molar-refractivity contribution is -0.137. The first kappa shape index (κ1) is 17.5. The van der Waals surface area contributed by atoms with Gasteiger partial charge in [0, 0.05) is 6.42 Å². The third-order valence-electron chi connectivity index (χ3n) is 4.73. The van der Waals surface area contributed by atoms with Crippen molar-refractivity contribution in [1.82, 2.24) is 0 Å². The molecule has 2 aliphatic rings. The van der Waals surface area contributed by atoms with Gasteiger partial charge in [-0.2, -0.15) is 23.5 Å². The summed E-state index contributed by atoms with van der Waals surface area (Å²) in [5.41, 5.74) is 0. The molecule has 0 amide bonds. The highest BCUT2D eigenvalue weighted by Gasteiger charge is 2.27. The summed E-state index contributed by atoms with van der Waals surface area (Å²) in [6, 6.07) is 0. The van der Waals surface area contributed by atoms with E-state index in [2.05, 4.69) is 23.5 Å². The number of carbonyl (C=O) groups is 1. The van der Waals surface area contributed by atoms with Crippen LogP contribution in [-0.2, 0) is 4.79 Å². The minimum atomic E-state index is -0.647. The van der Waals surface area contributed by atoms with Gasteiger partial charge in [0.05, 0.1) is 0 Å². The highest BCUT2D eigenvalue weighted by molar-refractivity contribution is 7.99. The fourth-order valence-electron chi connectivity index (χ4n) is 3.09. The molecule has 0 aromatic heterocycles. The van der Waals surface area contributed by atoms with Crippen LogP contribution in [0.2, 0.25) is 0 Å². The molecular weight excluding hydrogens is 300 g/mol. The van der Waals surface area contributed by atoms with Crippen molar-refractivity contribution in [2.45, 2.75) is 57.8 Å². The summed E-state index contributed by atoms with van der Waals surface area (Å²) >= 11 is 4.34. The van der Waals surface area contributed by atoms with Crippen molar-refractivity contribution in [3.8, 4) is 0 Å². The second-order valence-corrected chi connectivity index (χ2v) is 8.94. The van der Waals surface area contributed by atoms with Crippen LogP contribution in [-0.4, -0.2) is 34.1 Å². The predicted octanol–water partition coefficient (Wildman–Crippen LogP) is 4.92. The number of thioether (sulfide) groups is 2. The Morgan fingerprint density at radius 3 is 2.48 bits per heavy atom. The third-order valence-corrected chi connectivity index (χ3v) is 7.29. The van der Waals surface area contributed by atoms with E-state index in [-0.39, 0.29) is 0 Å². The van der Waals surface area contributed by atoms with Crippen LogP contribution >= 0.6 is 23.5 Å². The molecule has 1 aliphatic carbocycles. The van der Waals surface area contributed by atoms with Crippen LogP contribution in [0.25, 0.3) is 0 Å². The molecule has 1 aliphatic heterocycles. The SMILES string of the molecule is O=C(O)CCCCCC[C@H]1CSC[C@H]1CCSCC1CC1. The molecule has 1 saturated carbocycles. The second-order valence-electron chi connectivity index (χ2n) is 6.71. The molecule has 0 radical (unpaired) electrons. The summed E-state index contributed by atoms with van der Waals surface area (Å²) in [4.78, 5) is 10.5. The van der Waals surface area contributed by atoms with Gasteiger partial charge in [-0.25, -0.2) is 0 Å². The van der Waals surface area contributed by atoms with Gasteiger partial charge in [0.15, 0.2) is 0 Å². The van der Waals surface area contributed by atoms with Crippen molar-refractivity contribution in [2.24, 2.45) is 17.8 Å². The van der Waals surface area contributed by atoms with E-state index in [9.17, 15) is 4.79 Å². The zero-order valence-electron chi connectivity index (χ0n) is 13.1. The number of rotatable bonds is 12. The second kappa shape index (κ2) is 10.0. The molecule has 4 heteroatoms. The summed E-state index contributed by atoms with van der Waals surface area (Å²) in [6.45, 7) is 0. The molecule has 0 aromatic rings. The minimum Gasteiger partial charge on any atom is -0.481 e. The van der Waals surface area contributed by atoms with E-state index >= 15 is 0 Å². The first-order valence-corrected chi connectivity index (χ1v) is 10.9. The Labute approximate surface area is 138 Å². The van der Waals surface area contributed by atoms with Crippen LogP contribution in [0.15, 0.2) is 0 Å². The Morgan fingerprint density at radius 1 is 1.05 bits per heavy atom. The monoisotopic (exact) mass is 330 g/mol. The van der Waals surface area contributed by atoms with Gasteiger partial charge in [0.25, 0.3) is 0 Å². The summed E-state index contributed by atoms with van der Waals surface area (Å²) < 4.78 is 0. The molecule has 2 rings (SSSR count). The Hall–Kier alpha value is 0.170. The molecule has 1 heterocycles. The standard InChI is InChI=1S/C17H30O2S2/c18-17(19)6-4-2-1-3-5-15-12-21-13-16(15)9-10-20-11-14-7-8-14/h14-16H,1-13H2,(H,18,19)/t15-,16+/m0/s1. The quantitative estimate of drug-likeness (QED) is 0.515. The van der Waals surface area contributed by atoms with E-state index in [0.717, 1.165) is 30.6 Å². The van der Waals surface area contributed by atoms with E-state index in [1.165, 1.54) is 61.5 Å². The van der Waals surface area contributed by atoms with Crippen LogP contribution < -0.4 is 0 Å².